The molecule has 0 saturated heterocycles. The highest BCUT2D eigenvalue weighted by Crippen LogP contribution is 2.25. The van der Waals surface area contributed by atoms with Gasteiger partial charge in [0.15, 0.2) is 5.16 Å². The van der Waals surface area contributed by atoms with E-state index in [1.165, 1.54) is 23.9 Å². The molecule has 1 heterocycles. The number of ether oxygens (including phenoxy) is 1. The molecule has 0 aliphatic rings. The van der Waals surface area contributed by atoms with Crippen LogP contribution in [0.25, 0.3) is 5.69 Å². The molecule has 0 aliphatic carbocycles. The molecule has 0 spiro atoms. The fourth-order valence-corrected chi connectivity index (χ4v) is 3.30. The zero-order chi connectivity index (χ0) is 20.9. The summed E-state index contributed by atoms with van der Waals surface area (Å²) < 4.78 is 42.3. The number of carbonyl (C=O) groups is 1. The molecule has 0 unspecified atom stereocenters. The van der Waals surface area contributed by atoms with E-state index in [4.69, 9.17) is 0 Å². The number of aromatic nitrogens is 3. The average molecular weight is 422 g/mol. The molecule has 1 aromatic heterocycles. The number of nitrogens with one attached hydrogen (secondary N) is 1. The van der Waals surface area contributed by atoms with Crippen molar-refractivity contribution in [3.8, 4) is 11.4 Å². The zero-order valence-corrected chi connectivity index (χ0v) is 16.1. The monoisotopic (exact) mass is 422 g/mol. The Bertz CT molecular complexity index is 960. The Labute approximate surface area is 169 Å². The Morgan fingerprint density at radius 3 is 2.41 bits per heavy atom. The van der Waals surface area contributed by atoms with Gasteiger partial charge in [-0.3, -0.25) is 9.36 Å². The van der Waals surface area contributed by atoms with Crippen LogP contribution in [-0.4, -0.2) is 32.8 Å². The number of hydrogen-bond donors (Lipinski definition) is 1. The van der Waals surface area contributed by atoms with Gasteiger partial charge in [0.05, 0.1) is 5.75 Å². The van der Waals surface area contributed by atoms with Gasteiger partial charge in [0.25, 0.3) is 0 Å². The second-order valence-electron chi connectivity index (χ2n) is 5.83. The predicted octanol–water partition coefficient (Wildman–Crippen LogP) is 4.46. The van der Waals surface area contributed by atoms with E-state index in [9.17, 15) is 18.0 Å². The maximum Gasteiger partial charge on any atom is 0.573 e. The van der Waals surface area contributed by atoms with Crippen LogP contribution in [0.3, 0.4) is 0 Å². The van der Waals surface area contributed by atoms with E-state index in [-0.39, 0.29) is 17.4 Å². The Kier molecular flexibility index (Phi) is 6.42. The summed E-state index contributed by atoms with van der Waals surface area (Å²) in [6.45, 7) is 1.97. The number of hydrogen-bond acceptors (Lipinski definition) is 5. The maximum atomic E-state index is 12.2. The Hall–Kier alpha value is -3.01. The Balaban J connectivity index is 1.62. The van der Waals surface area contributed by atoms with Gasteiger partial charge in [0.1, 0.15) is 11.6 Å². The number of aryl methyl sites for hydroxylation is 1. The van der Waals surface area contributed by atoms with E-state index < -0.39 is 6.36 Å². The molecule has 0 bridgehead atoms. The number of nitrogens with zero attached hydrogens (tertiary/aromatic N) is 3. The van der Waals surface area contributed by atoms with Crippen LogP contribution < -0.4 is 10.1 Å². The summed E-state index contributed by atoms with van der Waals surface area (Å²) in [6.07, 6.45) is -4.07. The molecule has 152 valence electrons. The minimum atomic E-state index is -4.76. The molecule has 0 saturated carbocycles. The lowest BCUT2D eigenvalue weighted by atomic mass is 10.3. The first-order valence-electron chi connectivity index (χ1n) is 8.64. The van der Waals surface area contributed by atoms with Crippen molar-refractivity contribution in [2.24, 2.45) is 0 Å². The molecule has 1 amide bonds. The second kappa shape index (κ2) is 8.99. The summed E-state index contributed by atoms with van der Waals surface area (Å²) in [5.74, 6) is 0.169. The largest absolute Gasteiger partial charge is 0.573 e. The molecule has 10 heteroatoms. The minimum absolute atomic E-state index is 0.0650. The summed E-state index contributed by atoms with van der Waals surface area (Å²) in [6, 6.07) is 14.5. The van der Waals surface area contributed by atoms with Gasteiger partial charge in [-0.1, -0.05) is 36.9 Å². The molecule has 2 aromatic carbocycles. The van der Waals surface area contributed by atoms with Gasteiger partial charge in [-0.05, 0) is 36.4 Å². The number of benzene rings is 2. The lowest BCUT2D eigenvalue weighted by Crippen LogP contribution is -2.17. The molecule has 3 rings (SSSR count). The summed E-state index contributed by atoms with van der Waals surface area (Å²) >= 11 is 1.22. The fraction of sp³-hybridized carbons (Fsp3) is 0.211. The smallest absolute Gasteiger partial charge is 0.406 e. The molecular weight excluding hydrogens is 405 g/mol. The van der Waals surface area contributed by atoms with Gasteiger partial charge in [-0.15, -0.1) is 23.4 Å². The molecule has 0 fully saturated rings. The number of para-hydroxylation sites is 1. The van der Waals surface area contributed by atoms with Crippen molar-refractivity contribution < 1.29 is 22.7 Å². The third-order valence-electron chi connectivity index (χ3n) is 3.74. The van der Waals surface area contributed by atoms with Crippen molar-refractivity contribution in [1.29, 1.82) is 0 Å². The number of thioether (sulfide) groups is 1. The van der Waals surface area contributed by atoms with Crippen molar-refractivity contribution in [1.82, 2.24) is 14.8 Å². The number of rotatable bonds is 7. The van der Waals surface area contributed by atoms with E-state index in [1.807, 2.05) is 41.8 Å². The van der Waals surface area contributed by atoms with Crippen LogP contribution in [0.1, 0.15) is 12.7 Å². The first kappa shape index (κ1) is 20.7. The van der Waals surface area contributed by atoms with Gasteiger partial charge in [0, 0.05) is 17.8 Å². The molecule has 6 nitrogen and oxygen atoms in total. The van der Waals surface area contributed by atoms with E-state index in [1.54, 1.807) is 0 Å². The molecule has 0 aliphatic heterocycles. The first-order chi connectivity index (χ1) is 13.9. The Morgan fingerprint density at radius 2 is 1.79 bits per heavy atom. The third-order valence-corrected chi connectivity index (χ3v) is 4.66. The van der Waals surface area contributed by atoms with Crippen molar-refractivity contribution in [2.45, 2.75) is 24.9 Å². The van der Waals surface area contributed by atoms with E-state index >= 15 is 0 Å². The Morgan fingerprint density at radius 1 is 1.10 bits per heavy atom. The van der Waals surface area contributed by atoms with Crippen LogP contribution in [0.15, 0.2) is 59.8 Å². The van der Waals surface area contributed by atoms with Crippen LogP contribution in [0.5, 0.6) is 5.75 Å². The molecule has 29 heavy (non-hydrogen) atoms. The van der Waals surface area contributed by atoms with E-state index in [2.05, 4.69) is 20.3 Å². The van der Waals surface area contributed by atoms with Gasteiger partial charge < -0.3 is 10.1 Å². The summed E-state index contributed by atoms with van der Waals surface area (Å²) in [7, 11) is 0. The first-order valence-corrected chi connectivity index (χ1v) is 9.62. The molecule has 1 N–H and O–H groups in total. The number of carbonyl (C=O) groups excluding carboxylic acids is 1. The van der Waals surface area contributed by atoms with Crippen molar-refractivity contribution in [2.75, 3.05) is 11.1 Å². The zero-order valence-electron chi connectivity index (χ0n) is 15.3. The van der Waals surface area contributed by atoms with E-state index in [0.717, 1.165) is 23.6 Å². The highest BCUT2D eigenvalue weighted by atomic mass is 32.2. The molecular formula is C19H17F3N4O2S. The number of alkyl halides is 3. The molecule has 0 atom stereocenters. The van der Waals surface area contributed by atoms with Crippen molar-refractivity contribution in [3.63, 3.8) is 0 Å². The third kappa shape index (κ3) is 5.74. The summed E-state index contributed by atoms with van der Waals surface area (Å²) in [5.41, 5.74) is 1.27. The van der Waals surface area contributed by atoms with Crippen molar-refractivity contribution in [3.05, 3.63) is 60.4 Å². The van der Waals surface area contributed by atoms with Gasteiger partial charge >= 0.3 is 6.36 Å². The lowest BCUT2D eigenvalue weighted by Gasteiger charge is -2.10. The minimum Gasteiger partial charge on any atom is -0.406 e. The number of amides is 1. The summed E-state index contributed by atoms with van der Waals surface area (Å²) in [4.78, 5) is 12.2. The number of halogens is 3. The van der Waals surface area contributed by atoms with E-state index in [0.29, 0.717) is 17.3 Å². The normalized spacial score (nSPS) is 11.3. The highest BCUT2D eigenvalue weighted by molar-refractivity contribution is 7.99. The van der Waals surface area contributed by atoms with Crippen molar-refractivity contribution >= 4 is 23.4 Å². The number of anilines is 1. The van der Waals surface area contributed by atoms with Crippen LogP contribution in [-0.2, 0) is 11.2 Å². The van der Waals surface area contributed by atoms with Crippen LogP contribution in [0, 0.1) is 0 Å². The van der Waals surface area contributed by atoms with Crippen LogP contribution in [0.2, 0.25) is 0 Å². The lowest BCUT2D eigenvalue weighted by molar-refractivity contribution is -0.274. The quantitative estimate of drug-likeness (QED) is 0.570. The van der Waals surface area contributed by atoms with Gasteiger partial charge in [-0.25, -0.2) is 0 Å². The standard InChI is InChI=1S/C19H17F3N4O2S/c1-2-16-24-25-18(26(16)14-6-4-3-5-7-14)29-12-17(27)23-13-8-10-15(11-9-13)28-19(20,21)22/h3-11H,2,12H2,1H3,(H,23,27). The second-order valence-corrected chi connectivity index (χ2v) is 6.77. The van der Waals surface area contributed by atoms with Crippen LogP contribution >= 0.6 is 11.8 Å². The highest BCUT2D eigenvalue weighted by Gasteiger charge is 2.31. The topological polar surface area (TPSA) is 69.0 Å². The SMILES string of the molecule is CCc1nnc(SCC(=O)Nc2ccc(OC(F)(F)F)cc2)n1-c1ccccc1. The maximum absolute atomic E-state index is 12.2. The van der Waals surface area contributed by atoms with Gasteiger partial charge in [0.2, 0.25) is 5.91 Å². The van der Waals surface area contributed by atoms with Gasteiger partial charge in [-0.2, -0.15) is 0 Å². The molecule has 0 radical (unpaired) electrons. The average Bonchev–Trinajstić information content (AvgIpc) is 3.10. The van der Waals surface area contributed by atoms with Crippen LogP contribution in [0.4, 0.5) is 18.9 Å². The molecule has 3 aromatic rings. The summed E-state index contributed by atoms with van der Waals surface area (Å²) in [5, 5.41) is 11.5. The fourth-order valence-electron chi connectivity index (χ4n) is 2.53. The predicted molar refractivity (Wildman–Crippen MR) is 103 cm³/mol.